The van der Waals surface area contributed by atoms with Crippen molar-refractivity contribution in [3.05, 3.63) is 58.3 Å². The molecule has 2 rings (SSSR count). The molecule has 0 saturated heterocycles. The zero-order chi connectivity index (χ0) is 15.6. The lowest BCUT2D eigenvalue weighted by molar-refractivity contribution is 0.570. The monoisotopic (exact) mass is 388 g/mol. The van der Waals surface area contributed by atoms with Crippen LogP contribution in [0, 0.1) is 5.82 Å². The Morgan fingerprint density at radius 3 is 2.33 bits per heavy atom. The smallest absolute Gasteiger partial charge is 0.264 e. The Balaban J connectivity index is 2.30. The zero-order valence-electron chi connectivity index (χ0n) is 10.5. The molecule has 0 atom stereocenters. The standard InChI is InChI=1S/C13H10BrFN2O2S2/c14-9-3-6-12(11(15)7-9)21(18,19)17-10-4-1-8(2-5-10)13(16)20/h1-7,17H,(H2,16,20). The first-order chi connectivity index (χ1) is 9.79. The van der Waals surface area contributed by atoms with Gasteiger partial charge in [-0.25, -0.2) is 12.8 Å². The van der Waals surface area contributed by atoms with E-state index < -0.39 is 20.7 Å². The van der Waals surface area contributed by atoms with Crippen molar-refractivity contribution < 1.29 is 12.8 Å². The van der Waals surface area contributed by atoms with Crippen molar-refractivity contribution in [2.45, 2.75) is 4.90 Å². The average Bonchev–Trinajstić information content (AvgIpc) is 2.38. The van der Waals surface area contributed by atoms with Gasteiger partial charge in [-0.1, -0.05) is 28.1 Å². The Morgan fingerprint density at radius 1 is 1.19 bits per heavy atom. The highest BCUT2D eigenvalue weighted by Crippen LogP contribution is 2.22. The number of benzene rings is 2. The first-order valence-electron chi connectivity index (χ1n) is 5.67. The normalized spacial score (nSPS) is 11.1. The molecule has 0 spiro atoms. The van der Waals surface area contributed by atoms with Crippen LogP contribution in [0.2, 0.25) is 0 Å². The fourth-order valence-corrected chi connectivity index (χ4v) is 3.19. The lowest BCUT2D eigenvalue weighted by atomic mass is 10.2. The minimum atomic E-state index is -4.00. The molecule has 3 N–H and O–H groups in total. The maximum Gasteiger partial charge on any atom is 0.264 e. The van der Waals surface area contributed by atoms with Gasteiger partial charge in [0.15, 0.2) is 0 Å². The molecule has 0 heterocycles. The van der Waals surface area contributed by atoms with Crippen LogP contribution in [0.3, 0.4) is 0 Å². The van der Waals surface area contributed by atoms with E-state index in [9.17, 15) is 12.8 Å². The second-order valence-electron chi connectivity index (χ2n) is 4.12. The molecule has 0 aliphatic heterocycles. The van der Waals surface area contributed by atoms with E-state index in [0.717, 1.165) is 6.07 Å². The summed E-state index contributed by atoms with van der Waals surface area (Å²) in [4.78, 5) is -0.215. The molecule has 0 unspecified atom stereocenters. The third-order valence-electron chi connectivity index (χ3n) is 2.61. The van der Waals surface area contributed by atoms with Gasteiger partial charge in [-0.15, -0.1) is 0 Å². The van der Waals surface area contributed by atoms with Crippen molar-refractivity contribution in [1.29, 1.82) is 0 Å². The Bertz CT molecular complexity index is 792. The van der Waals surface area contributed by atoms with Crippen LogP contribution in [0.1, 0.15) is 5.56 Å². The molecule has 2 aromatic carbocycles. The van der Waals surface area contributed by atoms with Crippen LogP contribution >= 0.6 is 28.1 Å². The number of rotatable bonds is 4. The van der Waals surface area contributed by atoms with Crippen molar-refractivity contribution in [3.63, 3.8) is 0 Å². The van der Waals surface area contributed by atoms with E-state index in [1.165, 1.54) is 24.3 Å². The molecule has 0 amide bonds. The van der Waals surface area contributed by atoms with Crippen molar-refractivity contribution in [2.24, 2.45) is 5.73 Å². The molecule has 110 valence electrons. The number of sulfonamides is 1. The molecule has 2 aromatic rings. The van der Waals surface area contributed by atoms with Gasteiger partial charge in [-0.2, -0.15) is 0 Å². The number of thiocarbonyl (C=S) groups is 1. The van der Waals surface area contributed by atoms with Crippen LogP contribution in [0.15, 0.2) is 51.8 Å². The Morgan fingerprint density at radius 2 is 1.81 bits per heavy atom. The number of hydrogen-bond donors (Lipinski definition) is 2. The second-order valence-corrected chi connectivity index (χ2v) is 7.13. The molecular weight excluding hydrogens is 379 g/mol. The maximum absolute atomic E-state index is 13.7. The zero-order valence-corrected chi connectivity index (χ0v) is 13.7. The maximum atomic E-state index is 13.7. The van der Waals surface area contributed by atoms with E-state index in [4.69, 9.17) is 18.0 Å². The highest BCUT2D eigenvalue weighted by Gasteiger charge is 2.19. The molecule has 4 nitrogen and oxygen atoms in total. The molecule has 0 bridgehead atoms. The third kappa shape index (κ3) is 3.78. The molecule has 0 aromatic heterocycles. The SMILES string of the molecule is NC(=S)c1ccc(NS(=O)(=O)c2ccc(Br)cc2F)cc1. The Labute approximate surface area is 135 Å². The van der Waals surface area contributed by atoms with Gasteiger partial charge in [0.1, 0.15) is 15.7 Å². The molecule has 0 radical (unpaired) electrons. The van der Waals surface area contributed by atoms with E-state index in [1.54, 1.807) is 12.1 Å². The van der Waals surface area contributed by atoms with Gasteiger partial charge in [-0.3, -0.25) is 4.72 Å². The van der Waals surface area contributed by atoms with Crippen LogP contribution in [0.4, 0.5) is 10.1 Å². The van der Waals surface area contributed by atoms with Gasteiger partial charge in [0.25, 0.3) is 10.0 Å². The van der Waals surface area contributed by atoms with Crippen LogP contribution in [-0.4, -0.2) is 13.4 Å². The first-order valence-corrected chi connectivity index (χ1v) is 8.36. The Hall–Kier alpha value is -1.51. The van der Waals surface area contributed by atoms with Crippen molar-refractivity contribution in [2.75, 3.05) is 4.72 Å². The molecule has 8 heteroatoms. The predicted octanol–water partition coefficient (Wildman–Crippen LogP) is 3.02. The van der Waals surface area contributed by atoms with Crippen LogP contribution in [0.25, 0.3) is 0 Å². The van der Waals surface area contributed by atoms with Gasteiger partial charge >= 0.3 is 0 Å². The molecule has 0 saturated carbocycles. The molecular formula is C13H10BrFN2O2S2. The number of hydrogen-bond acceptors (Lipinski definition) is 3. The van der Waals surface area contributed by atoms with E-state index in [1.807, 2.05) is 0 Å². The number of anilines is 1. The highest BCUT2D eigenvalue weighted by atomic mass is 79.9. The first kappa shape index (κ1) is 15.9. The van der Waals surface area contributed by atoms with E-state index >= 15 is 0 Å². The quantitative estimate of drug-likeness (QED) is 0.789. The highest BCUT2D eigenvalue weighted by molar-refractivity contribution is 9.10. The van der Waals surface area contributed by atoms with Gasteiger partial charge in [0.2, 0.25) is 0 Å². The summed E-state index contributed by atoms with van der Waals surface area (Å²) in [6.07, 6.45) is 0. The van der Waals surface area contributed by atoms with Gasteiger partial charge in [-0.05, 0) is 42.5 Å². The van der Waals surface area contributed by atoms with Gasteiger partial charge in [0.05, 0.1) is 0 Å². The largest absolute Gasteiger partial charge is 0.389 e. The molecule has 0 aliphatic carbocycles. The summed E-state index contributed by atoms with van der Waals surface area (Å²) < 4.78 is 40.8. The van der Waals surface area contributed by atoms with Crippen molar-refractivity contribution in [3.8, 4) is 0 Å². The summed E-state index contributed by atoms with van der Waals surface area (Å²) >= 11 is 7.88. The van der Waals surface area contributed by atoms with Crippen LogP contribution in [-0.2, 0) is 10.0 Å². The fourth-order valence-electron chi connectivity index (χ4n) is 1.61. The lowest BCUT2D eigenvalue weighted by Gasteiger charge is -2.09. The van der Waals surface area contributed by atoms with Crippen molar-refractivity contribution in [1.82, 2.24) is 0 Å². The van der Waals surface area contributed by atoms with Gasteiger partial charge < -0.3 is 5.73 Å². The third-order valence-corrected chi connectivity index (χ3v) is 4.75. The molecule has 0 fully saturated rings. The summed E-state index contributed by atoms with van der Waals surface area (Å²) in [6.45, 7) is 0. The summed E-state index contributed by atoms with van der Waals surface area (Å²) in [5.74, 6) is -0.836. The molecule has 21 heavy (non-hydrogen) atoms. The summed E-state index contributed by atoms with van der Waals surface area (Å²) in [7, 11) is -4.00. The number of nitrogens with two attached hydrogens (primary N) is 1. The summed E-state index contributed by atoms with van der Waals surface area (Å²) in [6, 6.07) is 9.89. The van der Waals surface area contributed by atoms with Gasteiger partial charge in [0, 0.05) is 15.7 Å². The minimum absolute atomic E-state index is 0.211. The Kier molecular flexibility index (Phi) is 4.60. The topological polar surface area (TPSA) is 72.2 Å². The lowest BCUT2D eigenvalue weighted by Crippen LogP contribution is -2.15. The summed E-state index contributed by atoms with van der Waals surface area (Å²) in [5.41, 5.74) is 6.36. The van der Waals surface area contributed by atoms with Crippen LogP contribution < -0.4 is 10.5 Å². The second kappa shape index (κ2) is 6.08. The molecule has 0 aliphatic rings. The summed E-state index contributed by atoms with van der Waals surface area (Å²) in [5, 5.41) is 0. The number of halogens is 2. The number of nitrogens with one attached hydrogen (secondary N) is 1. The van der Waals surface area contributed by atoms with E-state index in [2.05, 4.69) is 20.7 Å². The minimum Gasteiger partial charge on any atom is -0.389 e. The van der Waals surface area contributed by atoms with Crippen LogP contribution in [0.5, 0.6) is 0 Å². The van der Waals surface area contributed by atoms with E-state index in [0.29, 0.717) is 10.0 Å². The van der Waals surface area contributed by atoms with Crippen molar-refractivity contribution >= 4 is 48.8 Å². The predicted molar refractivity (Wildman–Crippen MR) is 87.2 cm³/mol. The van der Waals surface area contributed by atoms with E-state index in [-0.39, 0.29) is 10.7 Å². The average molecular weight is 389 g/mol. The fraction of sp³-hybridized carbons (Fsp3) is 0.